The molecule has 0 atom stereocenters. The normalized spacial score (nSPS) is 11.5. The molecule has 23 heteroatoms. The average molecular weight is 2220 g/mol. The van der Waals surface area contributed by atoms with Gasteiger partial charge in [0.05, 0.1) is 66.4 Å². The second-order valence-electron chi connectivity index (χ2n) is 26.2. The molecule has 12 aromatic carbocycles. The molecule has 0 fully saturated rings. The molecule has 0 aliphatic rings. The van der Waals surface area contributed by atoms with Crippen molar-refractivity contribution in [3.8, 4) is 0 Å². The Bertz CT molecular complexity index is 5140. The lowest BCUT2D eigenvalue weighted by Gasteiger charge is -2.26. The molecule has 0 unspecified atom stereocenters. The van der Waals surface area contributed by atoms with Crippen molar-refractivity contribution < 1.29 is 51.4 Å². The van der Waals surface area contributed by atoms with E-state index in [4.69, 9.17) is 19.9 Å². The summed E-state index contributed by atoms with van der Waals surface area (Å²) in [5.74, 6) is -4.16. The number of carbonyl (C=O) groups excluding carboxylic acids is 5. The lowest BCUT2D eigenvalue weighted by molar-refractivity contribution is -0.167. The van der Waals surface area contributed by atoms with Crippen LogP contribution in [-0.2, 0) is 73.3 Å². The maximum Gasteiger partial charge on any atom is 0.471 e. The van der Waals surface area contributed by atoms with Gasteiger partial charge in [0.2, 0.25) is 5.91 Å². The van der Waals surface area contributed by atoms with Crippen molar-refractivity contribution in [1.29, 1.82) is 0 Å². The van der Waals surface area contributed by atoms with E-state index in [1.165, 1.54) is 42.4 Å². The van der Waals surface area contributed by atoms with Crippen LogP contribution >= 0.6 is 136 Å². The Morgan fingerprint density at radius 1 is 0.324 bits per heavy atom. The minimum absolute atomic E-state index is 0.159. The van der Waals surface area contributed by atoms with Gasteiger partial charge in [-0.25, -0.2) is 14.4 Å². The fraction of sp³-hybridized carbons (Fsp3) is 0.125. The first-order chi connectivity index (χ1) is 52.8. The van der Waals surface area contributed by atoms with Crippen molar-refractivity contribution in [3.05, 3.63) is 346 Å². The third kappa shape index (κ3) is 22.9. The maximum absolute atomic E-state index is 13.3. The van der Waals surface area contributed by atoms with E-state index in [9.17, 15) is 37.1 Å². The molecule has 4 N–H and O–H groups in total. The summed E-state index contributed by atoms with van der Waals surface area (Å²) in [6.45, 7) is 12.4. The third-order valence-electron chi connectivity index (χ3n) is 16.9. The average Bonchev–Trinajstić information content (AvgIpc) is 0.800. The zero-order chi connectivity index (χ0) is 80.0. The van der Waals surface area contributed by atoms with Gasteiger partial charge in [-0.15, -0.1) is 0 Å². The van der Waals surface area contributed by atoms with Crippen LogP contribution in [0, 0.1) is 21.4 Å². The zero-order valence-corrected chi connectivity index (χ0v) is 76.1. The van der Waals surface area contributed by atoms with Crippen molar-refractivity contribution in [2.75, 3.05) is 16.4 Å². The SMILES string of the molecule is CC(=O)Nc1c(I)cc(I)cc1C(=O)OC(C)(C)c1ccc([S+](c2ccccc2)c2ccccc2)cc1.CC(C)(OC(=O)c1cc(I)cc(I)c1N)c1ccc([S+](c2ccccc2)c2ccccc2)cc1.CC(C)(OC(=O)c1cc(I)cc(I)c1NC(=O)C(F)(F)F)c1ccc([S+](c2ccccc2)c2ccccc2)cc1. The molecule has 0 saturated heterocycles. The van der Waals surface area contributed by atoms with E-state index in [1.807, 2.05) is 165 Å². The van der Waals surface area contributed by atoms with Crippen LogP contribution in [0.25, 0.3) is 0 Å². The molecule has 0 radical (unpaired) electrons. The Morgan fingerprint density at radius 2 is 0.550 bits per heavy atom. The number of hydrogen-bond donors (Lipinski definition) is 3. The van der Waals surface area contributed by atoms with Crippen LogP contribution in [0.15, 0.2) is 335 Å². The summed E-state index contributed by atoms with van der Waals surface area (Å²) in [7, 11) is -0.832. The number of esters is 3. The van der Waals surface area contributed by atoms with Crippen molar-refractivity contribution in [3.63, 3.8) is 0 Å². The highest BCUT2D eigenvalue weighted by molar-refractivity contribution is 14.1. The van der Waals surface area contributed by atoms with Crippen LogP contribution in [0.1, 0.15) is 96.2 Å². The summed E-state index contributed by atoms with van der Waals surface area (Å²) in [4.78, 5) is 73.8. The lowest BCUT2D eigenvalue weighted by Crippen LogP contribution is -2.32. The number of alkyl halides is 3. The number of halogens is 9. The zero-order valence-electron chi connectivity index (χ0n) is 60.7. The minimum Gasteiger partial charge on any atom is -0.451 e. The molecule has 0 aromatic heterocycles. The molecule has 12 aromatic rings. The molecular weight excluding hydrogens is 2140 g/mol. The van der Waals surface area contributed by atoms with E-state index < -0.39 is 46.8 Å². The molecule has 111 heavy (non-hydrogen) atoms. The van der Waals surface area contributed by atoms with Crippen molar-refractivity contribution in [2.24, 2.45) is 0 Å². The van der Waals surface area contributed by atoms with Gasteiger partial charge in [0, 0.05) is 28.3 Å². The second kappa shape index (κ2) is 38.9. The molecule has 0 spiro atoms. The summed E-state index contributed by atoms with van der Waals surface area (Å²) in [5.41, 5.74) is 7.12. The van der Waals surface area contributed by atoms with Gasteiger partial charge >= 0.3 is 30.0 Å². The summed E-state index contributed by atoms with van der Waals surface area (Å²) in [6.07, 6.45) is -5.10. The van der Waals surface area contributed by atoms with Gasteiger partial charge in [0.15, 0.2) is 44.1 Å². The minimum atomic E-state index is -5.10. The Balaban J connectivity index is 0.000000177. The van der Waals surface area contributed by atoms with Gasteiger partial charge in [-0.05, 0) is 339 Å². The Labute approximate surface area is 735 Å². The van der Waals surface area contributed by atoms with E-state index >= 15 is 0 Å². The lowest BCUT2D eigenvalue weighted by atomic mass is 9.98. The van der Waals surface area contributed by atoms with Crippen LogP contribution < -0.4 is 16.4 Å². The van der Waals surface area contributed by atoms with Crippen LogP contribution in [0.2, 0.25) is 0 Å². The van der Waals surface area contributed by atoms with E-state index in [-0.39, 0.29) is 53.4 Å². The van der Waals surface area contributed by atoms with E-state index in [1.54, 1.807) is 54.6 Å². The fourth-order valence-corrected chi connectivity index (χ4v) is 23.5. The number of hydrogen-bond acceptors (Lipinski definition) is 9. The first kappa shape index (κ1) is 86.4. The molecule has 0 aliphatic carbocycles. The number of rotatable bonds is 20. The first-order valence-electron chi connectivity index (χ1n) is 34.2. The second-order valence-corrected chi connectivity index (χ2v) is 39.5. The van der Waals surface area contributed by atoms with Crippen LogP contribution in [-0.4, -0.2) is 35.9 Å². The van der Waals surface area contributed by atoms with Crippen LogP contribution in [0.4, 0.5) is 30.2 Å². The van der Waals surface area contributed by atoms with Crippen molar-refractivity contribution in [1.82, 2.24) is 0 Å². The Morgan fingerprint density at radius 3 is 0.802 bits per heavy atom. The van der Waals surface area contributed by atoms with Crippen LogP contribution in [0.3, 0.4) is 0 Å². The number of nitrogens with one attached hydrogen (secondary N) is 2. The first-order valence-corrected chi connectivity index (χ1v) is 44.4. The fourth-order valence-electron chi connectivity index (χ4n) is 11.4. The van der Waals surface area contributed by atoms with Gasteiger partial charge in [-0.2, -0.15) is 13.2 Å². The standard InChI is InChI=1S/C30H22F3I2NO3S.C30H25I2NO3S.C28H23I2NO2S/c1-29(2,39-27(37)24-17-20(34)18-25(35)26(24)36-28(38)30(31,32)33)19-13-15-23(16-14-19)40(21-9-5-3-6-10-21)22-11-7-4-8-12-22;1-20(34)33-28-26(18-22(31)19-27(28)32)29(35)36-30(2,3)21-14-16-25(17-15-21)37(23-10-6-4-7-11-23)24-12-8-5-9-13-24;1-28(2,33-27(32)24-17-20(29)18-25(30)26(24)31)19-13-15-23(16-14-19)34(21-9-5-3-6-10-21)22-11-7-4-8-12-22/h3-18H,1-2H3;4-19H,1-3H3;3-18H,1-2H3,(H-,31,32)/p+3. The predicted octanol–water partition coefficient (Wildman–Crippen LogP) is 24.3. The molecule has 12 rings (SSSR count). The number of amides is 2. The van der Waals surface area contributed by atoms with Gasteiger partial charge < -0.3 is 30.6 Å². The predicted molar refractivity (Wildman–Crippen MR) is 489 cm³/mol. The third-order valence-corrected chi connectivity index (χ3v) is 28.1. The Hall–Kier alpha value is -6.99. The van der Waals surface area contributed by atoms with Gasteiger partial charge in [0.1, 0.15) is 16.8 Å². The molecule has 0 bridgehead atoms. The highest BCUT2D eigenvalue weighted by atomic mass is 127. The smallest absolute Gasteiger partial charge is 0.451 e. The molecule has 0 heterocycles. The molecule has 0 saturated carbocycles. The monoisotopic (exact) mass is 2210 g/mol. The number of carbonyl (C=O) groups is 5. The molecule has 0 aliphatic heterocycles. The maximum atomic E-state index is 13.3. The highest BCUT2D eigenvalue weighted by Gasteiger charge is 2.41. The quantitative estimate of drug-likeness (QED) is 0.0222. The molecule has 2 amide bonds. The van der Waals surface area contributed by atoms with Crippen molar-refractivity contribution in [2.45, 2.75) is 116 Å². The number of nitrogens with two attached hydrogens (primary N) is 1. The topological polar surface area (TPSA) is 163 Å². The number of benzene rings is 12. The summed E-state index contributed by atoms with van der Waals surface area (Å²) >= 11 is 12.3. The number of ether oxygens (including phenoxy) is 3. The molecular formula is C88H73F3I6N3O8S3+3. The van der Waals surface area contributed by atoms with Gasteiger partial charge in [-0.3, -0.25) is 9.59 Å². The summed E-state index contributed by atoms with van der Waals surface area (Å²) < 4.78 is 61.0. The number of nitrogen functional groups attached to an aromatic ring is 1. The summed E-state index contributed by atoms with van der Waals surface area (Å²) in [6, 6.07) is 97.1. The van der Waals surface area contributed by atoms with E-state index in [2.05, 4.69) is 253 Å². The Kier molecular flexibility index (Phi) is 30.3. The van der Waals surface area contributed by atoms with Crippen LogP contribution in [0.5, 0.6) is 0 Å². The van der Waals surface area contributed by atoms with E-state index in [0.717, 1.165) is 40.1 Å². The van der Waals surface area contributed by atoms with Crippen molar-refractivity contribution >= 4 is 215 Å². The largest absolute Gasteiger partial charge is 0.471 e. The van der Waals surface area contributed by atoms with Gasteiger partial charge in [0.25, 0.3) is 0 Å². The number of anilines is 3. The highest BCUT2D eigenvalue weighted by Crippen LogP contribution is 2.40. The molecule has 566 valence electrons. The molecule has 11 nitrogen and oxygen atoms in total. The van der Waals surface area contributed by atoms with E-state index in [0.29, 0.717) is 31.6 Å². The van der Waals surface area contributed by atoms with Gasteiger partial charge in [-0.1, -0.05) is 146 Å². The summed E-state index contributed by atoms with van der Waals surface area (Å²) in [5, 5.41) is 4.61.